The first kappa shape index (κ1) is 19.4. The fraction of sp³-hybridized carbons (Fsp3) is 0.368. The maximum Gasteiger partial charge on any atom is 0.277 e. The lowest BCUT2D eigenvalue weighted by atomic mass is 10.1. The summed E-state index contributed by atoms with van der Waals surface area (Å²) in [6, 6.07) is 7.28. The van der Waals surface area contributed by atoms with Gasteiger partial charge >= 0.3 is 0 Å². The number of quaternary nitrogens is 1. The van der Waals surface area contributed by atoms with Crippen LogP contribution in [0.15, 0.2) is 35.7 Å². The number of carbonyl (C=O) groups is 2. The molecule has 1 atom stereocenters. The van der Waals surface area contributed by atoms with Gasteiger partial charge in [0.05, 0.1) is 4.88 Å². The van der Waals surface area contributed by atoms with Crippen LogP contribution < -0.4 is 5.32 Å². The number of hydrogen-bond acceptors (Lipinski definition) is 3. The Hall–Kier alpha value is -2.32. The molecule has 2 heterocycles. The Balaban J connectivity index is 1.46. The Morgan fingerprint density at radius 1 is 1.11 bits per heavy atom. The molecule has 1 aliphatic heterocycles. The van der Waals surface area contributed by atoms with Gasteiger partial charge in [0.1, 0.15) is 6.04 Å². The molecule has 0 aliphatic carbocycles. The normalized spacial score (nSPS) is 15.7. The van der Waals surface area contributed by atoms with Crippen molar-refractivity contribution in [2.75, 3.05) is 32.7 Å². The number of piperazine rings is 1. The fourth-order valence-electron chi connectivity index (χ4n) is 3.05. The summed E-state index contributed by atoms with van der Waals surface area (Å²) in [6.07, 6.45) is 0. The van der Waals surface area contributed by atoms with Crippen molar-refractivity contribution in [2.24, 2.45) is 0 Å². The van der Waals surface area contributed by atoms with E-state index in [1.165, 1.54) is 17.4 Å². The van der Waals surface area contributed by atoms with Crippen LogP contribution in [0.2, 0.25) is 0 Å². The minimum Gasteiger partial charge on any atom is -0.334 e. The molecule has 0 spiro atoms. The third kappa shape index (κ3) is 4.70. The van der Waals surface area contributed by atoms with E-state index in [1.54, 1.807) is 21.2 Å². The molecule has 1 saturated heterocycles. The van der Waals surface area contributed by atoms with E-state index in [-0.39, 0.29) is 24.4 Å². The first-order chi connectivity index (χ1) is 13.0. The summed E-state index contributed by atoms with van der Waals surface area (Å²) in [5, 5.41) is 3.68. The van der Waals surface area contributed by atoms with E-state index in [0.717, 1.165) is 12.1 Å². The standard InChI is InChI=1S/C19H21F2N3O2S/c1-13(14-4-5-15(20)16(21)11-14)22-12-18(25)23-6-8-24(9-7-23)19(26)17-3-2-10-27-17/h2-5,10-11,13,22H,6-9,12H2,1H3/p+1/t13-/m0/s1. The summed E-state index contributed by atoms with van der Waals surface area (Å²) in [5.41, 5.74) is 0.632. The second-order valence-corrected chi connectivity index (χ2v) is 7.50. The Morgan fingerprint density at radius 2 is 1.81 bits per heavy atom. The van der Waals surface area contributed by atoms with Crippen LogP contribution in [-0.2, 0) is 4.79 Å². The van der Waals surface area contributed by atoms with Crippen LogP contribution in [0.4, 0.5) is 8.78 Å². The van der Waals surface area contributed by atoms with Crippen molar-refractivity contribution in [3.63, 3.8) is 0 Å². The minimum atomic E-state index is -0.884. The number of carbonyl (C=O) groups excluding carboxylic acids is 2. The molecular formula is C19H22F2N3O2S+. The van der Waals surface area contributed by atoms with Gasteiger partial charge in [0.25, 0.3) is 11.8 Å². The fourth-order valence-corrected chi connectivity index (χ4v) is 3.74. The maximum atomic E-state index is 13.3. The van der Waals surface area contributed by atoms with Gasteiger partial charge in [0, 0.05) is 31.7 Å². The van der Waals surface area contributed by atoms with E-state index in [4.69, 9.17) is 0 Å². The largest absolute Gasteiger partial charge is 0.334 e. The molecule has 144 valence electrons. The van der Waals surface area contributed by atoms with Crippen LogP contribution in [0.1, 0.15) is 28.2 Å². The highest BCUT2D eigenvalue weighted by atomic mass is 32.1. The summed E-state index contributed by atoms with van der Waals surface area (Å²) < 4.78 is 26.4. The quantitative estimate of drug-likeness (QED) is 0.838. The van der Waals surface area contributed by atoms with Gasteiger partial charge in [-0.25, -0.2) is 8.78 Å². The van der Waals surface area contributed by atoms with Crippen molar-refractivity contribution < 1.29 is 23.7 Å². The van der Waals surface area contributed by atoms with Crippen molar-refractivity contribution in [3.8, 4) is 0 Å². The molecule has 3 rings (SSSR count). The second-order valence-electron chi connectivity index (χ2n) is 6.55. The van der Waals surface area contributed by atoms with Crippen LogP contribution in [0.25, 0.3) is 0 Å². The number of amides is 2. The number of thiophene rings is 1. The highest BCUT2D eigenvalue weighted by Crippen LogP contribution is 2.14. The Kier molecular flexibility index (Phi) is 6.18. The molecule has 2 amide bonds. The molecule has 0 saturated carbocycles. The van der Waals surface area contributed by atoms with Crippen LogP contribution in [0.3, 0.4) is 0 Å². The zero-order valence-electron chi connectivity index (χ0n) is 15.0. The molecule has 5 nitrogen and oxygen atoms in total. The average molecular weight is 394 g/mol. The molecule has 1 aromatic heterocycles. The highest BCUT2D eigenvalue weighted by molar-refractivity contribution is 7.12. The van der Waals surface area contributed by atoms with Crippen molar-refractivity contribution in [1.29, 1.82) is 0 Å². The second kappa shape index (κ2) is 8.58. The molecule has 1 aliphatic rings. The number of nitrogens with zero attached hydrogens (tertiary/aromatic N) is 2. The Bertz CT molecular complexity index is 805. The predicted octanol–water partition coefficient (Wildman–Crippen LogP) is 1.64. The maximum absolute atomic E-state index is 13.3. The molecule has 0 unspecified atom stereocenters. The summed E-state index contributed by atoms with van der Waals surface area (Å²) >= 11 is 1.42. The number of rotatable bonds is 5. The molecule has 0 radical (unpaired) electrons. The van der Waals surface area contributed by atoms with Gasteiger partial charge in [-0.15, -0.1) is 11.3 Å². The van der Waals surface area contributed by atoms with Gasteiger partial charge < -0.3 is 15.1 Å². The van der Waals surface area contributed by atoms with Gasteiger partial charge in [-0.2, -0.15) is 0 Å². The topological polar surface area (TPSA) is 57.2 Å². The van der Waals surface area contributed by atoms with Gasteiger partial charge in [-0.1, -0.05) is 6.07 Å². The third-order valence-electron chi connectivity index (χ3n) is 4.77. The van der Waals surface area contributed by atoms with Crippen LogP contribution >= 0.6 is 11.3 Å². The van der Waals surface area contributed by atoms with Crippen molar-refractivity contribution in [2.45, 2.75) is 13.0 Å². The van der Waals surface area contributed by atoms with E-state index >= 15 is 0 Å². The molecule has 0 bridgehead atoms. The summed E-state index contributed by atoms with van der Waals surface area (Å²) in [4.78, 5) is 29.0. The molecule has 2 aromatic rings. The van der Waals surface area contributed by atoms with Crippen LogP contribution in [0.5, 0.6) is 0 Å². The van der Waals surface area contributed by atoms with Crippen molar-refractivity contribution in [1.82, 2.24) is 9.80 Å². The van der Waals surface area contributed by atoms with Crippen molar-refractivity contribution >= 4 is 23.2 Å². The lowest BCUT2D eigenvalue weighted by molar-refractivity contribution is -0.683. The first-order valence-electron chi connectivity index (χ1n) is 8.84. The average Bonchev–Trinajstić information content (AvgIpc) is 3.22. The van der Waals surface area contributed by atoms with E-state index in [1.807, 2.05) is 18.4 Å². The summed E-state index contributed by atoms with van der Waals surface area (Å²) in [7, 11) is 0. The third-order valence-corrected chi connectivity index (χ3v) is 5.62. The van der Waals surface area contributed by atoms with E-state index < -0.39 is 11.6 Å². The van der Waals surface area contributed by atoms with Gasteiger partial charge in [0.15, 0.2) is 18.2 Å². The zero-order valence-corrected chi connectivity index (χ0v) is 15.8. The van der Waals surface area contributed by atoms with Crippen molar-refractivity contribution in [3.05, 3.63) is 57.8 Å². The Labute approximate surface area is 160 Å². The van der Waals surface area contributed by atoms with Gasteiger partial charge in [0.2, 0.25) is 0 Å². The summed E-state index contributed by atoms with van der Waals surface area (Å²) in [6.45, 7) is 4.10. The smallest absolute Gasteiger partial charge is 0.277 e. The van der Waals surface area contributed by atoms with E-state index in [9.17, 15) is 18.4 Å². The molecule has 1 aromatic carbocycles. The van der Waals surface area contributed by atoms with Gasteiger partial charge in [-0.05, 0) is 36.6 Å². The predicted molar refractivity (Wildman–Crippen MR) is 98.4 cm³/mol. The zero-order chi connectivity index (χ0) is 19.4. The summed E-state index contributed by atoms with van der Waals surface area (Å²) in [5.74, 6) is -1.77. The number of benzene rings is 1. The van der Waals surface area contributed by atoms with Gasteiger partial charge in [-0.3, -0.25) is 9.59 Å². The molecular weight excluding hydrogens is 372 g/mol. The minimum absolute atomic E-state index is 0.00983. The SMILES string of the molecule is C[C@H]([NH2+]CC(=O)N1CCN(C(=O)c2cccs2)CC1)c1ccc(F)c(F)c1. The number of nitrogens with two attached hydrogens (primary N) is 1. The molecule has 1 fully saturated rings. The van der Waals surface area contributed by atoms with E-state index in [2.05, 4.69) is 0 Å². The van der Waals surface area contributed by atoms with Crippen LogP contribution in [0, 0.1) is 11.6 Å². The lowest BCUT2D eigenvalue weighted by Gasteiger charge is -2.34. The molecule has 8 heteroatoms. The first-order valence-corrected chi connectivity index (χ1v) is 9.72. The lowest BCUT2D eigenvalue weighted by Crippen LogP contribution is -2.87. The van der Waals surface area contributed by atoms with E-state index in [0.29, 0.717) is 36.6 Å². The monoisotopic (exact) mass is 394 g/mol. The molecule has 2 N–H and O–H groups in total. The number of halogens is 2. The highest BCUT2D eigenvalue weighted by Gasteiger charge is 2.26. The van der Waals surface area contributed by atoms with Crippen LogP contribution in [-0.4, -0.2) is 54.3 Å². The Morgan fingerprint density at radius 3 is 2.44 bits per heavy atom. The molecule has 27 heavy (non-hydrogen) atoms. The number of hydrogen-bond donors (Lipinski definition) is 1.